The minimum absolute atomic E-state index is 0.827. The Kier molecular flexibility index (Phi) is 3.97. The molecule has 0 aliphatic rings. The minimum Gasteiger partial charge on any atom is -0.275 e. The van der Waals surface area contributed by atoms with Crippen molar-refractivity contribution >= 4 is 12.1 Å². The van der Waals surface area contributed by atoms with Crippen molar-refractivity contribution in [3.05, 3.63) is 10.4 Å². The van der Waals surface area contributed by atoms with Gasteiger partial charge in [0.25, 0.3) is 0 Å². The third-order valence-electron chi connectivity index (χ3n) is 0.550. The van der Waals surface area contributed by atoms with E-state index in [9.17, 15) is 9.59 Å². The topological polar surface area (TPSA) is 145 Å². The van der Waals surface area contributed by atoms with Crippen LogP contribution in [0.2, 0.25) is 0 Å². The molecule has 0 saturated heterocycles. The van der Waals surface area contributed by atoms with E-state index in [1.54, 1.807) is 16.3 Å². The first-order valence-electron chi connectivity index (χ1n) is 2.32. The normalized spacial score (nSPS) is 7.36. The number of nitrogens with one attached hydrogen (secondary N) is 3. The van der Waals surface area contributed by atoms with Crippen LogP contribution in [-0.4, -0.2) is 12.1 Å². The average Bonchev–Trinajstić information content (AvgIpc) is 2.01. The molecule has 0 aromatic heterocycles. The summed E-state index contributed by atoms with van der Waals surface area (Å²) in [7, 11) is 0. The first kappa shape index (κ1) is 9.01. The van der Waals surface area contributed by atoms with Gasteiger partial charge in [-0.2, -0.15) is 0 Å². The number of urea groups is 2. The van der Waals surface area contributed by atoms with Crippen molar-refractivity contribution in [3.8, 4) is 0 Å². The SMILES string of the molecule is [N-]=[N+]=NC(=O)NNC(=O)NN. The molecule has 0 heterocycles. The van der Waals surface area contributed by atoms with Crippen molar-refractivity contribution < 1.29 is 9.59 Å². The summed E-state index contributed by atoms with van der Waals surface area (Å²) in [4.78, 5) is 22.6. The molecular formula is C2H5N7O2. The molecule has 0 radical (unpaired) electrons. The fraction of sp³-hybridized carbons (Fsp3) is 0. The van der Waals surface area contributed by atoms with Gasteiger partial charge in [0.2, 0.25) is 0 Å². The average molecular weight is 159 g/mol. The molecule has 0 unspecified atom stereocenters. The predicted octanol–water partition coefficient (Wildman–Crippen LogP) is -0.906. The number of carbonyl (C=O) groups excluding carboxylic acids is 2. The molecule has 0 atom stereocenters. The number of hydrogen-bond acceptors (Lipinski definition) is 3. The Bertz CT molecular complexity index is 204. The van der Waals surface area contributed by atoms with Crippen LogP contribution in [0.4, 0.5) is 9.59 Å². The monoisotopic (exact) mass is 159 g/mol. The number of nitrogens with two attached hydrogens (primary N) is 1. The summed E-state index contributed by atoms with van der Waals surface area (Å²) in [5.74, 6) is 4.62. The number of carbonyl (C=O) groups is 2. The summed E-state index contributed by atoms with van der Waals surface area (Å²) >= 11 is 0. The molecule has 0 aliphatic heterocycles. The number of nitrogens with zero attached hydrogens (tertiary/aromatic N) is 3. The number of hydrogen-bond donors (Lipinski definition) is 4. The smallest absolute Gasteiger partial charge is 0.275 e. The van der Waals surface area contributed by atoms with Gasteiger partial charge in [-0.3, -0.25) is 15.6 Å². The van der Waals surface area contributed by atoms with Gasteiger partial charge in [0.1, 0.15) is 0 Å². The van der Waals surface area contributed by atoms with Crippen molar-refractivity contribution in [2.24, 2.45) is 11.0 Å². The van der Waals surface area contributed by atoms with Gasteiger partial charge in [-0.05, 0) is 5.53 Å². The highest BCUT2D eigenvalue weighted by Gasteiger charge is 1.97. The van der Waals surface area contributed by atoms with Crippen LogP contribution in [0.5, 0.6) is 0 Å². The zero-order chi connectivity index (χ0) is 8.69. The largest absolute Gasteiger partial charge is 0.347 e. The quantitative estimate of drug-likeness (QED) is 0.0906. The molecule has 0 spiro atoms. The molecule has 5 N–H and O–H groups in total. The molecule has 0 aromatic carbocycles. The van der Waals surface area contributed by atoms with Crippen LogP contribution in [0, 0.1) is 0 Å². The van der Waals surface area contributed by atoms with Gasteiger partial charge >= 0.3 is 12.1 Å². The van der Waals surface area contributed by atoms with Gasteiger partial charge in [0.15, 0.2) is 0 Å². The van der Waals surface area contributed by atoms with Gasteiger partial charge < -0.3 is 0 Å². The van der Waals surface area contributed by atoms with Crippen molar-refractivity contribution in [1.82, 2.24) is 16.3 Å². The van der Waals surface area contributed by atoms with Crippen molar-refractivity contribution in [2.75, 3.05) is 0 Å². The summed E-state index contributed by atoms with van der Waals surface area (Å²) in [6.07, 6.45) is 0. The zero-order valence-corrected chi connectivity index (χ0v) is 5.24. The van der Waals surface area contributed by atoms with E-state index in [-0.39, 0.29) is 0 Å². The van der Waals surface area contributed by atoms with E-state index in [1.807, 2.05) is 0 Å². The second kappa shape index (κ2) is 4.85. The lowest BCUT2D eigenvalue weighted by Crippen LogP contribution is -2.48. The Morgan fingerprint density at radius 1 is 1.45 bits per heavy atom. The summed E-state index contributed by atoms with van der Waals surface area (Å²) in [6.45, 7) is 0. The first-order valence-corrected chi connectivity index (χ1v) is 2.32. The van der Waals surface area contributed by atoms with Crippen LogP contribution in [-0.2, 0) is 0 Å². The predicted molar refractivity (Wildman–Crippen MR) is 33.5 cm³/mol. The van der Waals surface area contributed by atoms with Crippen LogP contribution in [0.25, 0.3) is 10.4 Å². The van der Waals surface area contributed by atoms with Gasteiger partial charge in [0.05, 0.1) is 0 Å². The van der Waals surface area contributed by atoms with Crippen LogP contribution >= 0.6 is 0 Å². The molecule has 0 bridgehead atoms. The Hall–Kier alpha value is -1.99. The Morgan fingerprint density at radius 3 is 2.55 bits per heavy atom. The fourth-order valence-electron chi connectivity index (χ4n) is 0.212. The lowest BCUT2D eigenvalue weighted by Gasteiger charge is -2.01. The first-order chi connectivity index (χ1) is 5.20. The second-order valence-electron chi connectivity index (χ2n) is 1.22. The molecule has 60 valence electrons. The third-order valence-corrected chi connectivity index (χ3v) is 0.550. The van der Waals surface area contributed by atoms with E-state index < -0.39 is 12.1 Å². The summed E-state index contributed by atoms with van der Waals surface area (Å²) in [5.41, 5.74) is 12.9. The highest BCUT2D eigenvalue weighted by molar-refractivity contribution is 5.79. The fourth-order valence-corrected chi connectivity index (χ4v) is 0.212. The third kappa shape index (κ3) is 4.51. The van der Waals surface area contributed by atoms with E-state index >= 15 is 0 Å². The number of hydrazine groups is 2. The van der Waals surface area contributed by atoms with Crippen LogP contribution < -0.4 is 22.1 Å². The number of amides is 4. The van der Waals surface area contributed by atoms with Crippen molar-refractivity contribution in [2.45, 2.75) is 0 Å². The van der Waals surface area contributed by atoms with Gasteiger partial charge in [0, 0.05) is 10.0 Å². The van der Waals surface area contributed by atoms with Crippen molar-refractivity contribution in [1.29, 1.82) is 0 Å². The standard InChI is InChI=1S/C2H5N7O2/c3-5-1(10)6-7-2(11)8-9-4/h3H2,(H,7,11)(H2,5,6,10). The molecule has 0 aliphatic carbocycles. The molecule has 9 heteroatoms. The van der Waals surface area contributed by atoms with Gasteiger partial charge in [-0.1, -0.05) is 0 Å². The van der Waals surface area contributed by atoms with E-state index in [2.05, 4.69) is 15.9 Å². The molecule has 0 fully saturated rings. The van der Waals surface area contributed by atoms with Crippen molar-refractivity contribution in [3.63, 3.8) is 0 Å². The van der Waals surface area contributed by atoms with E-state index in [0.29, 0.717) is 0 Å². The van der Waals surface area contributed by atoms with Crippen LogP contribution in [0.1, 0.15) is 0 Å². The maximum atomic E-state index is 10.2. The molecule has 9 nitrogen and oxygen atoms in total. The number of azide groups is 1. The lowest BCUT2D eigenvalue weighted by atomic mass is 11.0. The van der Waals surface area contributed by atoms with Crippen LogP contribution in [0.15, 0.2) is 5.11 Å². The summed E-state index contributed by atoms with van der Waals surface area (Å²) in [6, 6.07) is -1.86. The van der Waals surface area contributed by atoms with Crippen LogP contribution in [0.3, 0.4) is 0 Å². The van der Waals surface area contributed by atoms with Gasteiger partial charge in [-0.15, -0.1) is 0 Å². The molecular weight excluding hydrogens is 154 g/mol. The maximum absolute atomic E-state index is 10.2. The van der Waals surface area contributed by atoms with Gasteiger partial charge in [-0.25, -0.2) is 16.1 Å². The Labute approximate surface area is 60.5 Å². The maximum Gasteiger partial charge on any atom is 0.347 e. The summed E-state index contributed by atoms with van der Waals surface area (Å²) < 4.78 is 0. The number of rotatable bonds is 0. The molecule has 4 amide bonds. The molecule has 0 saturated carbocycles. The Morgan fingerprint density at radius 2 is 2.09 bits per heavy atom. The minimum atomic E-state index is -1.03. The second-order valence-corrected chi connectivity index (χ2v) is 1.22. The Balaban J connectivity index is 3.62. The molecule has 0 rings (SSSR count). The highest BCUT2D eigenvalue weighted by atomic mass is 16.2. The van der Waals surface area contributed by atoms with E-state index in [4.69, 9.17) is 5.53 Å². The summed E-state index contributed by atoms with van der Waals surface area (Å²) in [5, 5.41) is 2.58. The molecule has 0 aromatic rings. The highest BCUT2D eigenvalue weighted by Crippen LogP contribution is 1.70. The molecule has 11 heavy (non-hydrogen) atoms. The lowest BCUT2D eigenvalue weighted by molar-refractivity contribution is 0.228. The van der Waals surface area contributed by atoms with E-state index in [1.165, 1.54) is 0 Å². The van der Waals surface area contributed by atoms with E-state index in [0.717, 1.165) is 0 Å². The zero-order valence-electron chi connectivity index (χ0n) is 5.24.